The van der Waals surface area contributed by atoms with Gasteiger partial charge in [-0.15, -0.1) is 0 Å². The van der Waals surface area contributed by atoms with Crippen LogP contribution in [0.5, 0.6) is 0 Å². The van der Waals surface area contributed by atoms with Gasteiger partial charge in [-0.2, -0.15) is 0 Å². The smallest absolute Gasteiger partial charge is 0.00384 e. The van der Waals surface area contributed by atoms with E-state index in [1.165, 1.54) is 61.7 Å². The van der Waals surface area contributed by atoms with Gasteiger partial charge in [0, 0.05) is 0 Å². The normalized spacial score (nSPS) is 47.5. The van der Waals surface area contributed by atoms with Crippen molar-refractivity contribution in [3.63, 3.8) is 0 Å². The molecular weight excluding hydrogens is 288 g/mol. The highest BCUT2D eigenvalue weighted by molar-refractivity contribution is 5.45. The van der Waals surface area contributed by atoms with E-state index in [2.05, 4.69) is 46.6 Å². The van der Waals surface area contributed by atoms with Crippen LogP contribution in [0.25, 0.3) is 0 Å². The Morgan fingerprint density at radius 1 is 1.08 bits per heavy atom. The molecule has 4 aliphatic carbocycles. The Bertz CT molecular complexity index is 647. The van der Waals surface area contributed by atoms with E-state index in [1.54, 1.807) is 5.57 Å². The largest absolute Gasteiger partial charge is 0.0998 e. The molecule has 0 N–H and O–H groups in total. The quantitative estimate of drug-likeness (QED) is 0.462. The van der Waals surface area contributed by atoms with Gasteiger partial charge in [0.2, 0.25) is 0 Å². The van der Waals surface area contributed by atoms with Crippen molar-refractivity contribution in [2.75, 3.05) is 0 Å². The Kier molecular flexibility index (Phi) is 3.58. The van der Waals surface area contributed by atoms with Crippen LogP contribution in [-0.4, -0.2) is 0 Å². The molecule has 0 aromatic heterocycles. The fourth-order valence-corrected chi connectivity index (χ4v) is 7.45. The highest BCUT2D eigenvalue weighted by atomic mass is 14.6. The summed E-state index contributed by atoms with van der Waals surface area (Å²) in [6, 6.07) is 0. The van der Waals surface area contributed by atoms with E-state index in [9.17, 15) is 0 Å². The van der Waals surface area contributed by atoms with E-state index in [0.29, 0.717) is 10.8 Å². The van der Waals surface area contributed by atoms with Crippen molar-refractivity contribution in [1.82, 2.24) is 0 Å². The molecular formula is C24H34. The van der Waals surface area contributed by atoms with Crippen LogP contribution >= 0.6 is 0 Å². The summed E-state index contributed by atoms with van der Waals surface area (Å²) in [7, 11) is 0. The SMILES string of the molecule is C=C1C=C2C(=C)CC3C(CCC4(C)C(C(=C)C)CCC34)C2(C)CC1. The number of fused-ring (bicyclic) bond motifs is 5. The summed E-state index contributed by atoms with van der Waals surface area (Å²) in [4.78, 5) is 0. The predicted octanol–water partition coefficient (Wildman–Crippen LogP) is 6.86. The summed E-state index contributed by atoms with van der Waals surface area (Å²) >= 11 is 0. The van der Waals surface area contributed by atoms with Gasteiger partial charge in [-0.3, -0.25) is 0 Å². The van der Waals surface area contributed by atoms with E-state index < -0.39 is 0 Å². The van der Waals surface area contributed by atoms with Gasteiger partial charge in [0.1, 0.15) is 0 Å². The van der Waals surface area contributed by atoms with Crippen molar-refractivity contribution >= 4 is 0 Å². The first kappa shape index (κ1) is 16.4. The molecule has 0 heteroatoms. The standard InChI is InChI=1S/C24H34/c1-15(2)19-7-8-20-18-14-17(4)22-13-16(3)9-11-24(22,6)21(18)10-12-23(19,20)5/h13,18-21H,1,3-4,7-12,14H2,2,5-6H3. The lowest BCUT2D eigenvalue weighted by molar-refractivity contribution is -0.0347. The molecule has 3 saturated carbocycles. The highest BCUT2D eigenvalue weighted by Crippen LogP contribution is 2.68. The molecule has 0 saturated heterocycles. The van der Waals surface area contributed by atoms with E-state index in [0.717, 1.165) is 23.7 Å². The summed E-state index contributed by atoms with van der Waals surface area (Å²) < 4.78 is 0. The third kappa shape index (κ3) is 2.04. The Hall–Kier alpha value is -1.04. The van der Waals surface area contributed by atoms with Crippen molar-refractivity contribution in [1.29, 1.82) is 0 Å². The molecule has 6 atom stereocenters. The summed E-state index contributed by atoms with van der Waals surface area (Å²) in [6.07, 6.45) is 11.6. The molecule has 0 amide bonds. The lowest BCUT2D eigenvalue weighted by Crippen LogP contribution is -2.50. The van der Waals surface area contributed by atoms with E-state index in [4.69, 9.17) is 0 Å². The van der Waals surface area contributed by atoms with Crippen LogP contribution in [0.4, 0.5) is 0 Å². The lowest BCUT2D eigenvalue weighted by atomic mass is 9.46. The van der Waals surface area contributed by atoms with Gasteiger partial charge in [0.15, 0.2) is 0 Å². The third-order valence-electron chi connectivity index (χ3n) is 8.64. The Labute approximate surface area is 148 Å². The summed E-state index contributed by atoms with van der Waals surface area (Å²) in [5.41, 5.74) is 6.55. The first-order chi connectivity index (χ1) is 11.3. The fourth-order valence-electron chi connectivity index (χ4n) is 7.45. The Morgan fingerprint density at radius 3 is 2.54 bits per heavy atom. The van der Waals surface area contributed by atoms with E-state index in [-0.39, 0.29) is 0 Å². The van der Waals surface area contributed by atoms with Gasteiger partial charge >= 0.3 is 0 Å². The number of allylic oxidation sites excluding steroid dienone is 5. The number of hydrogen-bond donors (Lipinski definition) is 0. The second-order valence-electron chi connectivity index (χ2n) is 9.84. The number of hydrogen-bond acceptors (Lipinski definition) is 0. The van der Waals surface area contributed by atoms with Crippen LogP contribution < -0.4 is 0 Å². The Balaban J connectivity index is 1.72. The molecule has 0 bridgehead atoms. The molecule has 130 valence electrons. The van der Waals surface area contributed by atoms with Crippen molar-refractivity contribution < 1.29 is 0 Å². The molecule has 4 rings (SSSR count). The molecule has 0 nitrogen and oxygen atoms in total. The second-order valence-corrected chi connectivity index (χ2v) is 9.84. The first-order valence-corrected chi connectivity index (χ1v) is 10.0. The minimum absolute atomic E-state index is 0.351. The molecule has 0 aliphatic heterocycles. The molecule has 0 heterocycles. The summed E-state index contributed by atoms with van der Waals surface area (Å²) in [6.45, 7) is 20.5. The minimum atomic E-state index is 0.351. The van der Waals surface area contributed by atoms with Crippen molar-refractivity contribution in [3.05, 3.63) is 48.1 Å². The topological polar surface area (TPSA) is 0 Å². The maximum atomic E-state index is 4.53. The van der Waals surface area contributed by atoms with Crippen LogP contribution in [0, 0.1) is 34.5 Å². The zero-order valence-electron chi connectivity index (χ0n) is 16.0. The van der Waals surface area contributed by atoms with Crippen LogP contribution in [0.3, 0.4) is 0 Å². The molecule has 24 heavy (non-hydrogen) atoms. The summed E-state index contributed by atoms with van der Waals surface area (Å²) in [5.74, 6) is 3.31. The van der Waals surface area contributed by atoms with Crippen molar-refractivity contribution in [2.24, 2.45) is 34.5 Å². The average Bonchev–Trinajstić information content (AvgIpc) is 2.87. The van der Waals surface area contributed by atoms with Gasteiger partial charge in [0.05, 0.1) is 0 Å². The first-order valence-electron chi connectivity index (χ1n) is 10.0. The maximum absolute atomic E-state index is 4.53. The van der Waals surface area contributed by atoms with Crippen LogP contribution in [0.15, 0.2) is 48.1 Å². The van der Waals surface area contributed by atoms with Gasteiger partial charge < -0.3 is 0 Å². The van der Waals surface area contributed by atoms with Crippen molar-refractivity contribution in [3.8, 4) is 0 Å². The molecule has 0 radical (unpaired) electrons. The number of rotatable bonds is 1. The maximum Gasteiger partial charge on any atom is -0.00384 e. The van der Waals surface area contributed by atoms with Crippen LogP contribution in [0.1, 0.15) is 65.7 Å². The van der Waals surface area contributed by atoms with Gasteiger partial charge in [-0.05, 0) is 91.9 Å². The van der Waals surface area contributed by atoms with Crippen molar-refractivity contribution in [2.45, 2.75) is 65.7 Å². The monoisotopic (exact) mass is 322 g/mol. The van der Waals surface area contributed by atoms with Gasteiger partial charge in [-0.1, -0.05) is 56.4 Å². The van der Waals surface area contributed by atoms with E-state index in [1.807, 2.05) is 0 Å². The highest BCUT2D eigenvalue weighted by Gasteiger charge is 2.59. The lowest BCUT2D eigenvalue weighted by Gasteiger charge is -2.59. The van der Waals surface area contributed by atoms with Crippen LogP contribution in [0.2, 0.25) is 0 Å². The zero-order valence-corrected chi connectivity index (χ0v) is 16.0. The van der Waals surface area contributed by atoms with Gasteiger partial charge in [0.25, 0.3) is 0 Å². The minimum Gasteiger partial charge on any atom is -0.0998 e. The second kappa shape index (κ2) is 5.23. The zero-order chi connectivity index (χ0) is 17.3. The average molecular weight is 323 g/mol. The summed E-state index contributed by atoms with van der Waals surface area (Å²) in [5, 5.41) is 0. The molecule has 0 spiro atoms. The van der Waals surface area contributed by atoms with Crippen LogP contribution in [-0.2, 0) is 0 Å². The molecule has 3 fully saturated rings. The molecule has 0 aromatic carbocycles. The molecule has 4 aliphatic rings. The predicted molar refractivity (Wildman–Crippen MR) is 104 cm³/mol. The molecule has 6 unspecified atom stereocenters. The molecule has 0 aromatic rings. The third-order valence-corrected chi connectivity index (χ3v) is 8.64. The van der Waals surface area contributed by atoms with E-state index >= 15 is 0 Å². The Morgan fingerprint density at radius 2 is 1.83 bits per heavy atom. The fraction of sp³-hybridized carbons (Fsp3) is 0.667. The van der Waals surface area contributed by atoms with Gasteiger partial charge in [-0.25, -0.2) is 0 Å².